The van der Waals surface area contributed by atoms with Crippen molar-refractivity contribution in [1.82, 2.24) is 10.6 Å². The third-order valence-corrected chi connectivity index (χ3v) is 5.07. The van der Waals surface area contributed by atoms with E-state index in [0.717, 1.165) is 0 Å². The molecular formula is C22H31ClN4O3. The first-order valence-corrected chi connectivity index (χ1v) is 9.63. The van der Waals surface area contributed by atoms with Gasteiger partial charge < -0.3 is 26.8 Å². The Labute approximate surface area is 184 Å². The second-order valence-corrected chi connectivity index (χ2v) is 7.58. The van der Waals surface area contributed by atoms with Crippen LogP contribution in [0.25, 0.3) is 0 Å². The second kappa shape index (κ2) is 11.4. The molecule has 0 aromatic heterocycles. The Balaban J connectivity index is 0.00000450. The van der Waals surface area contributed by atoms with Gasteiger partial charge in [-0.1, -0.05) is 44.2 Å². The number of hydrogen-bond donors (Lipinski definition) is 4. The molecule has 0 spiro atoms. The summed E-state index contributed by atoms with van der Waals surface area (Å²) < 4.78 is 5.85. The molecule has 8 heteroatoms. The first-order chi connectivity index (χ1) is 13.7. The molecular weight excluding hydrogens is 404 g/mol. The number of nitrogens with two attached hydrogens (primary N) is 2. The summed E-state index contributed by atoms with van der Waals surface area (Å²) in [7, 11) is 0. The highest BCUT2D eigenvalue weighted by Gasteiger charge is 2.29. The van der Waals surface area contributed by atoms with E-state index >= 15 is 0 Å². The van der Waals surface area contributed by atoms with Crippen LogP contribution < -0.4 is 26.8 Å². The molecule has 0 aliphatic rings. The number of hydrogen-bond acceptors (Lipinski definition) is 4. The molecule has 0 aliphatic heterocycles. The number of para-hydroxylation sites is 1. The molecule has 0 heterocycles. The van der Waals surface area contributed by atoms with Crippen molar-refractivity contribution in [2.75, 3.05) is 6.54 Å². The summed E-state index contributed by atoms with van der Waals surface area (Å²) >= 11 is 0. The van der Waals surface area contributed by atoms with E-state index in [1.54, 1.807) is 12.1 Å². The fourth-order valence-electron chi connectivity index (χ4n) is 2.83. The van der Waals surface area contributed by atoms with Crippen molar-refractivity contribution in [3.63, 3.8) is 0 Å². The largest absolute Gasteiger partial charge is 0.457 e. The smallest absolute Gasteiger partial charge is 0.312 e. The Bertz CT molecular complexity index is 832. The number of benzene rings is 2. The van der Waals surface area contributed by atoms with Crippen LogP contribution in [-0.4, -0.2) is 24.0 Å². The van der Waals surface area contributed by atoms with Crippen LogP contribution in [0.2, 0.25) is 0 Å². The lowest BCUT2D eigenvalue weighted by atomic mass is 9.88. The summed E-state index contributed by atoms with van der Waals surface area (Å²) in [4.78, 5) is 24.2. The first-order valence-electron chi connectivity index (χ1n) is 9.63. The fraction of sp³-hybridized carbons (Fsp3) is 0.364. The van der Waals surface area contributed by atoms with Gasteiger partial charge in [0.2, 0.25) is 5.91 Å². The molecule has 2 atom stereocenters. The van der Waals surface area contributed by atoms with Crippen LogP contribution in [0.3, 0.4) is 0 Å². The number of primary amides is 1. The molecule has 2 aromatic rings. The molecule has 0 saturated heterocycles. The highest BCUT2D eigenvalue weighted by molar-refractivity contribution is 5.85. The Morgan fingerprint density at radius 1 is 1.07 bits per heavy atom. The average molecular weight is 435 g/mol. The van der Waals surface area contributed by atoms with E-state index in [9.17, 15) is 9.59 Å². The van der Waals surface area contributed by atoms with Crippen LogP contribution in [0.5, 0.6) is 11.5 Å². The van der Waals surface area contributed by atoms with Gasteiger partial charge >= 0.3 is 6.03 Å². The first kappa shape index (κ1) is 25.3. The van der Waals surface area contributed by atoms with Crippen molar-refractivity contribution in [2.24, 2.45) is 17.4 Å². The third kappa shape index (κ3) is 7.24. The summed E-state index contributed by atoms with van der Waals surface area (Å²) in [5.41, 5.74) is 11.4. The van der Waals surface area contributed by atoms with Crippen molar-refractivity contribution in [3.8, 4) is 11.5 Å². The molecule has 30 heavy (non-hydrogen) atoms. The lowest BCUT2D eigenvalue weighted by molar-refractivity contribution is -0.123. The molecule has 6 N–H and O–H groups in total. The van der Waals surface area contributed by atoms with Gasteiger partial charge in [0, 0.05) is 6.54 Å². The highest BCUT2D eigenvalue weighted by atomic mass is 35.5. The van der Waals surface area contributed by atoms with Crippen LogP contribution in [0.1, 0.15) is 38.8 Å². The van der Waals surface area contributed by atoms with Gasteiger partial charge in [0.25, 0.3) is 0 Å². The molecule has 0 fully saturated rings. The van der Waals surface area contributed by atoms with E-state index in [2.05, 4.69) is 10.6 Å². The van der Waals surface area contributed by atoms with Gasteiger partial charge in [-0.15, -0.1) is 12.4 Å². The molecule has 164 valence electrons. The number of halogens is 1. The van der Waals surface area contributed by atoms with Crippen LogP contribution in [-0.2, 0) is 4.79 Å². The molecule has 3 amide bonds. The van der Waals surface area contributed by atoms with Crippen molar-refractivity contribution < 1.29 is 14.3 Å². The normalized spacial score (nSPS) is 13.5. The van der Waals surface area contributed by atoms with Gasteiger partial charge in [0.05, 0.1) is 18.0 Å². The van der Waals surface area contributed by atoms with E-state index < -0.39 is 17.6 Å². The minimum atomic E-state index is -0.706. The molecule has 0 bridgehead atoms. The zero-order chi connectivity index (χ0) is 21.4. The molecule has 0 radical (unpaired) electrons. The van der Waals surface area contributed by atoms with Gasteiger partial charge in [0.15, 0.2) is 0 Å². The maximum atomic E-state index is 12.7. The van der Waals surface area contributed by atoms with Gasteiger partial charge in [-0.3, -0.25) is 4.79 Å². The molecule has 7 nitrogen and oxygen atoms in total. The zero-order valence-electron chi connectivity index (χ0n) is 17.6. The number of amides is 3. The Morgan fingerprint density at radius 3 is 2.27 bits per heavy atom. The Hall–Kier alpha value is -2.77. The zero-order valence-corrected chi connectivity index (χ0v) is 18.4. The molecule has 2 aromatic carbocycles. The average Bonchev–Trinajstić information content (AvgIpc) is 2.68. The number of ether oxygens (including phenoxy) is 1. The van der Waals surface area contributed by atoms with Crippen LogP contribution in [0, 0.1) is 5.92 Å². The minimum absolute atomic E-state index is 0. The van der Waals surface area contributed by atoms with E-state index in [-0.39, 0.29) is 30.7 Å². The van der Waals surface area contributed by atoms with E-state index in [4.69, 9.17) is 16.2 Å². The predicted octanol–water partition coefficient (Wildman–Crippen LogP) is 3.49. The summed E-state index contributed by atoms with van der Waals surface area (Å²) in [6, 6.07) is 15.3. The number of carbonyl (C=O) groups excluding carboxylic acids is 2. The lowest BCUT2D eigenvalue weighted by Gasteiger charge is -2.34. The number of urea groups is 1. The number of carbonyl (C=O) groups is 2. The van der Waals surface area contributed by atoms with Gasteiger partial charge in [-0.05, 0) is 42.7 Å². The molecule has 2 unspecified atom stereocenters. The van der Waals surface area contributed by atoms with Crippen molar-refractivity contribution in [3.05, 3.63) is 60.2 Å². The second-order valence-electron chi connectivity index (χ2n) is 7.58. The number of rotatable bonds is 9. The van der Waals surface area contributed by atoms with Gasteiger partial charge in [-0.25, -0.2) is 4.79 Å². The van der Waals surface area contributed by atoms with Crippen molar-refractivity contribution >= 4 is 24.3 Å². The SMILES string of the molecule is CC(C)C(C)(CN)NC(=O)CC(NC(N)=O)c1cccc(Oc2ccccc2)c1.Cl. The minimum Gasteiger partial charge on any atom is -0.457 e. The monoisotopic (exact) mass is 434 g/mol. The van der Waals surface area contributed by atoms with Gasteiger partial charge in [-0.2, -0.15) is 0 Å². The number of nitrogens with one attached hydrogen (secondary N) is 2. The Morgan fingerprint density at radius 2 is 1.70 bits per heavy atom. The standard InChI is InChI=1S/C22H30N4O3.ClH/c1-15(2)22(3,14-23)26-20(27)13-19(25-21(24)28)16-8-7-11-18(12-16)29-17-9-5-4-6-10-17;/h4-12,15,19H,13-14,23H2,1-3H3,(H,26,27)(H3,24,25,28);1H. The topological polar surface area (TPSA) is 119 Å². The summed E-state index contributed by atoms with van der Waals surface area (Å²) in [6.07, 6.45) is 0.0278. The van der Waals surface area contributed by atoms with Crippen LogP contribution >= 0.6 is 12.4 Å². The molecule has 0 saturated carbocycles. The van der Waals surface area contributed by atoms with E-state index in [1.807, 2.05) is 63.2 Å². The van der Waals surface area contributed by atoms with Crippen LogP contribution in [0.15, 0.2) is 54.6 Å². The predicted molar refractivity (Wildman–Crippen MR) is 121 cm³/mol. The fourth-order valence-corrected chi connectivity index (χ4v) is 2.83. The van der Waals surface area contributed by atoms with E-state index in [1.165, 1.54) is 0 Å². The molecule has 2 rings (SSSR count). The Kier molecular flexibility index (Phi) is 9.62. The maximum Gasteiger partial charge on any atom is 0.312 e. The summed E-state index contributed by atoms with van der Waals surface area (Å²) in [6.45, 7) is 6.21. The highest BCUT2D eigenvalue weighted by Crippen LogP contribution is 2.26. The summed E-state index contributed by atoms with van der Waals surface area (Å²) in [5, 5.41) is 5.63. The molecule has 0 aliphatic carbocycles. The van der Waals surface area contributed by atoms with Gasteiger partial charge in [0.1, 0.15) is 11.5 Å². The lowest BCUT2D eigenvalue weighted by Crippen LogP contribution is -2.55. The van der Waals surface area contributed by atoms with Crippen molar-refractivity contribution in [2.45, 2.75) is 38.8 Å². The van der Waals surface area contributed by atoms with Crippen molar-refractivity contribution in [1.29, 1.82) is 0 Å². The maximum absolute atomic E-state index is 12.7. The quantitative estimate of drug-likeness (QED) is 0.482. The third-order valence-electron chi connectivity index (χ3n) is 5.07. The van der Waals surface area contributed by atoms with E-state index in [0.29, 0.717) is 23.6 Å². The summed E-state index contributed by atoms with van der Waals surface area (Å²) in [5.74, 6) is 1.22. The van der Waals surface area contributed by atoms with Crippen LogP contribution in [0.4, 0.5) is 4.79 Å².